The van der Waals surface area contributed by atoms with E-state index in [1.54, 1.807) is 6.33 Å². The fraction of sp³-hybridized carbons (Fsp3) is 0.667. The molecule has 16 heavy (non-hydrogen) atoms. The van der Waals surface area contributed by atoms with Gasteiger partial charge in [0.15, 0.2) is 0 Å². The molecule has 1 aromatic heterocycles. The Morgan fingerprint density at radius 1 is 1.25 bits per heavy atom. The molecule has 0 aromatic carbocycles. The maximum Gasteiger partial charge on any atom is 0.135 e. The van der Waals surface area contributed by atoms with Crippen molar-refractivity contribution in [3.63, 3.8) is 0 Å². The molecule has 0 spiro atoms. The van der Waals surface area contributed by atoms with Gasteiger partial charge in [-0.25, -0.2) is 9.97 Å². The second-order valence-corrected chi connectivity index (χ2v) is 4.62. The number of rotatable bonds is 5. The van der Waals surface area contributed by atoms with Gasteiger partial charge in [-0.05, 0) is 33.1 Å². The summed E-state index contributed by atoms with van der Waals surface area (Å²) < 4.78 is 0. The van der Waals surface area contributed by atoms with E-state index in [0.717, 1.165) is 24.6 Å². The minimum atomic E-state index is 0.266. The smallest absolute Gasteiger partial charge is 0.135 e. The number of hydrogen-bond donors (Lipinski definition) is 2. The van der Waals surface area contributed by atoms with E-state index in [-0.39, 0.29) is 5.54 Å². The Bertz CT molecular complexity index is 371. The first-order valence-corrected chi connectivity index (χ1v) is 6.04. The number of hydrogen-bond acceptors (Lipinski definition) is 4. The molecule has 1 heterocycles. The van der Waals surface area contributed by atoms with Crippen molar-refractivity contribution < 1.29 is 0 Å². The fourth-order valence-corrected chi connectivity index (χ4v) is 1.77. The Morgan fingerprint density at radius 3 is 2.50 bits per heavy atom. The lowest BCUT2D eigenvalue weighted by Gasteiger charge is -2.17. The zero-order valence-electron chi connectivity index (χ0n) is 10.3. The van der Waals surface area contributed by atoms with Crippen molar-refractivity contribution in [3.05, 3.63) is 11.9 Å². The molecule has 1 fully saturated rings. The van der Waals surface area contributed by atoms with E-state index in [0.29, 0.717) is 0 Å². The molecule has 1 aliphatic rings. The largest absolute Gasteiger partial charge is 0.370 e. The zero-order chi connectivity index (χ0) is 11.6. The molecule has 4 nitrogen and oxygen atoms in total. The van der Waals surface area contributed by atoms with Crippen LogP contribution in [0.3, 0.4) is 0 Å². The van der Waals surface area contributed by atoms with Crippen molar-refractivity contribution in [2.45, 2.75) is 45.6 Å². The van der Waals surface area contributed by atoms with Gasteiger partial charge in [-0.3, -0.25) is 0 Å². The predicted molar refractivity (Wildman–Crippen MR) is 66.8 cm³/mol. The third-order valence-electron chi connectivity index (χ3n) is 3.06. The Hall–Kier alpha value is -1.32. The van der Waals surface area contributed by atoms with Gasteiger partial charge >= 0.3 is 0 Å². The Kier molecular flexibility index (Phi) is 2.99. The van der Waals surface area contributed by atoms with Crippen molar-refractivity contribution in [1.29, 1.82) is 0 Å². The van der Waals surface area contributed by atoms with E-state index in [1.165, 1.54) is 18.4 Å². The molecule has 4 heteroatoms. The van der Waals surface area contributed by atoms with Gasteiger partial charge in [0.25, 0.3) is 0 Å². The van der Waals surface area contributed by atoms with Crippen LogP contribution in [0.2, 0.25) is 0 Å². The normalized spacial score (nSPS) is 16.9. The van der Waals surface area contributed by atoms with Crippen LogP contribution in [-0.2, 0) is 6.42 Å². The average Bonchev–Trinajstić information content (AvgIpc) is 2.97. The van der Waals surface area contributed by atoms with Crippen LogP contribution in [0.4, 0.5) is 11.6 Å². The molecule has 0 unspecified atom stereocenters. The molecule has 0 saturated heterocycles. The highest BCUT2D eigenvalue weighted by Crippen LogP contribution is 2.38. The Labute approximate surface area is 96.9 Å². The van der Waals surface area contributed by atoms with Crippen LogP contribution in [0.15, 0.2) is 6.33 Å². The lowest BCUT2D eigenvalue weighted by atomic mass is 10.2. The van der Waals surface area contributed by atoms with Crippen LogP contribution < -0.4 is 10.6 Å². The van der Waals surface area contributed by atoms with Crippen molar-refractivity contribution in [2.24, 2.45) is 0 Å². The molecule has 0 amide bonds. The highest BCUT2D eigenvalue weighted by molar-refractivity contribution is 5.58. The summed E-state index contributed by atoms with van der Waals surface area (Å²) in [5.74, 6) is 1.96. The second kappa shape index (κ2) is 4.28. The minimum Gasteiger partial charge on any atom is -0.370 e. The summed E-state index contributed by atoms with van der Waals surface area (Å²) in [6.07, 6.45) is 5.04. The van der Waals surface area contributed by atoms with Gasteiger partial charge in [0, 0.05) is 17.6 Å². The van der Waals surface area contributed by atoms with Crippen LogP contribution in [0.1, 0.15) is 39.2 Å². The van der Waals surface area contributed by atoms with E-state index < -0.39 is 0 Å². The predicted octanol–water partition coefficient (Wildman–Crippen LogP) is 2.44. The summed E-state index contributed by atoms with van der Waals surface area (Å²) in [5, 5.41) is 6.80. The molecule has 1 saturated carbocycles. The maximum atomic E-state index is 4.36. The van der Waals surface area contributed by atoms with Gasteiger partial charge in [0.2, 0.25) is 0 Å². The van der Waals surface area contributed by atoms with Gasteiger partial charge in [-0.2, -0.15) is 0 Å². The van der Waals surface area contributed by atoms with Gasteiger partial charge in [-0.1, -0.05) is 6.92 Å². The molecule has 0 aliphatic heterocycles. The highest BCUT2D eigenvalue weighted by Gasteiger charge is 2.38. The first kappa shape index (κ1) is 11.2. The van der Waals surface area contributed by atoms with Crippen molar-refractivity contribution in [1.82, 2.24) is 9.97 Å². The van der Waals surface area contributed by atoms with E-state index in [4.69, 9.17) is 0 Å². The van der Waals surface area contributed by atoms with Crippen LogP contribution in [-0.4, -0.2) is 22.1 Å². The quantitative estimate of drug-likeness (QED) is 0.800. The van der Waals surface area contributed by atoms with E-state index in [2.05, 4.69) is 41.4 Å². The van der Waals surface area contributed by atoms with Gasteiger partial charge in [0.05, 0.1) is 0 Å². The highest BCUT2D eigenvalue weighted by atomic mass is 15.1. The third kappa shape index (κ3) is 2.26. The number of nitrogens with zero attached hydrogens (tertiary/aromatic N) is 2. The van der Waals surface area contributed by atoms with Gasteiger partial charge in [0.1, 0.15) is 18.0 Å². The third-order valence-corrected chi connectivity index (χ3v) is 3.06. The minimum absolute atomic E-state index is 0.266. The second-order valence-electron chi connectivity index (χ2n) is 4.62. The molecule has 0 bridgehead atoms. The standard InChI is InChI=1S/C12H20N4/c1-4-9-10(13-5-2)14-8-15-11(9)16-12(3)6-7-12/h8H,4-7H2,1-3H3,(H2,13,14,15,16). The number of anilines is 2. The zero-order valence-corrected chi connectivity index (χ0v) is 10.3. The first-order chi connectivity index (χ1) is 7.68. The van der Waals surface area contributed by atoms with Gasteiger partial charge < -0.3 is 10.6 Å². The lowest BCUT2D eigenvalue weighted by molar-refractivity contribution is 0.813. The molecular weight excluding hydrogens is 200 g/mol. The number of nitrogens with one attached hydrogen (secondary N) is 2. The van der Waals surface area contributed by atoms with Crippen molar-refractivity contribution >= 4 is 11.6 Å². The summed E-state index contributed by atoms with van der Waals surface area (Å²) in [6, 6.07) is 0. The summed E-state index contributed by atoms with van der Waals surface area (Å²) in [5.41, 5.74) is 1.46. The molecule has 1 aromatic rings. The fourth-order valence-electron chi connectivity index (χ4n) is 1.77. The van der Waals surface area contributed by atoms with Crippen molar-refractivity contribution in [2.75, 3.05) is 17.2 Å². The van der Waals surface area contributed by atoms with Crippen molar-refractivity contribution in [3.8, 4) is 0 Å². The van der Waals surface area contributed by atoms with E-state index in [9.17, 15) is 0 Å². The van der Waals surface area contributed by atoms with Crippen LogP contribution in [0, 0.1) is 0 Å². The summed E-state index contributed by atoms with van der Waals surface area (Å²) in [6.45, 7) is 7.35. The number of aromatic nitrogens is 2. The molecule has 88 valence electrons. The summed E-state index contributed by atoms with van der Waals surface area (Å²) in [4.78, 5) is 8.64. The Morgan fingerprint density at radius 2 is 1.94 bits per heavy atom. The topological polar surface area (TPSA) is 49.8 Å². The molecule has 0 radical (unpaired) electrons. The molecule has 1 aliphatic carbocycles. The maximum absolute atomic E-state index is 4.36. The van der Waals surface area contributed by atoms with Crippen LogP contribution in [0.5, 0.6) is 0 Å². The van der Waals surface area contributed by atoms with E-state index in [1.807, 2.05) is 0 Å². The first-order valence-electron chi connectivity index (χ1n) is 6.04. The lowest BCUT2D eigenvalue weighted by Crippen LogP contribution is -2.19. The summed E-state index contributed by atoms with van der Waals surface area (Å²) in [7, 11) is 0. The molecule has 0 atom stereocenters. The molecule has 2 N–H and O–H groups in total. The SMILES string of the molecule is CCNc1ncnc(NC2(C)CC2)c1CC. The van der Waals surface area contributed by atoms with Crippen LogP contribution in [0.25, 0.3) is 0 Å². The Balaban J connectivity index is 2.25. The summed E-state index contributed by atoms with van der Waals surface area (Å²) >= 11 is 0. The molecular formula is C12H20N4. The van der Waals surface area contributed by atoms with Crippen LogP contribution >= 0.6 is 0 Å². The molecule has 2 rings (SSSR count). The monoisotopic (exact) mass is 220 g/mol. The average molecular weight is 220 g/mol. The van der Waals surface area contributed by atoms with Gasteiger partial charge in [-0.15, -0.1) is 0 Å². The van der Waals surface area contributed by atoms with E-state index >= 15 is 0 Å².